The highest BCUT2D eigenvalue weighted by atomic mass is 16.1. The van der Waals surface area contributed by atoms with Crippen LogP contribution in [-0.4, -0.2) is 11.0 Å². The Labute approximate surface area is 99.9 Å². The number of H-pyrrole nitrogens is 1. The van der Waals surface area contributed by atoms with E-state index in [0.717, 1.165) is 22.5 Å². The molecule has 1 aromatic heterocycles. The number of nitrogens with one attached hydrogen (secondary N) is 2. The Morgan fingerprint density at radius 2 is 2.12 bits per heavy atom. The van der Waals surface area contributed by atoms with Gasteiger partial charge in [-0.15, -0.1) is 0 Å². The molecule has 3 nitrogen and oxygen atoms in total. The van der Waals surface area contributed by atoms with Crippen LogP contribution in [0.4, 0.5) is 5.82 Å². The number of hydrogen-bond acceptors (Lipinski definition) is 2. The predicted octanol–water partition coefficient (Wildman–Crippen LogP) is 2.74. The standard InChI is InChI=1S/C14H16N2O/c1-9(10-6-7-10)15-13-8-11-4-2-3-5-12(11)14(17)16-13/h2-5,8-10H,6-7H2,1H3,(H2,15,16,17). The molecule has 0 saturated heterocycles. The monoisotopic (exact) mass is 228 g/mol. The maximum Gasteiger partial charge on any atom is 0.257 e. The van der Waals surface area contributed by atoms with Crippen LogP contribution in [0.1, 0.15) is 19.8 Å². The van der Waals surface area contributed by atoms with Crippen LogP contribution >= 0.6 is 0 Å². The van der Waals surface area contributed by atoms with Gasteiger partial charge in [-0.3, -0.25) is 4.79 Å². The Balaban J connectivity index is 1.97. The molecule has 1 aromatic carbocycles. The Hall–Kier alpha value is -1.77. The van der Waals surface area contributed by atoms with E-state index in [2.05, 4.69) is 17.2 Å². The lowest BCUT2D eigenvalue weighted by atomic mass is 10.1. The second kappa shape index (κ2) is 3.91. The first-order chi connectivity index (χ1) is 8.24. The van der Waals surface area contributed by atoms with Crippen LogP contribution in [0.15, 0.2) is 35.1 Å². The topological polar surface area (TPSA) is 44.9 Å². The van der Waals surface area contributed by atoms with Crippen molar-refractivity contribution in [2.75, 3.05) is 5.32 Å². The van der Waals surface area contributed by atoms with Gasteiger partial charge in [-0.2, -0.15) is 0 Å². The number of rotatable bonds is 3. The lowest BCUT2D eigenvalue weighted by Crippen LogP contribution is -2.20. The molecule has 0 spiro atoms. The largest absolute Gasteiger partial charge is 0.369 e. The third kappa shape index (κ3) is 2.05. The number of aromatic amines is 1. The fraction of sp³-hybridized carbons (Fsp3) is 0.357. The van der Waals surface area contributed by atoms with E-state index in [4.69, 9.17) is 0 Å². The van der Waals surface area contributed by atoms with Gasteiger partial charge in [0.25, 0.3) is 5.56 Å². The molecule has 0 radical (unpaired) electrons. The molecule has 2 N–H and O–H groups in total. The summed E-state index contributed by atoms with van der Waals surface area (Å²) in [5.41, 5.74) is -0.0198. The van der Waals surface area contributed by atoms with Crippen molar-refractivity contribution >= 4 is 16.6 Å². The molecule has 2 aromatic rings. The molecule has 0 aliphatic heterocycles. The van der Waals surface area contributed by atoms with Crippen molar-refractivity contribution in [2.24, 2.45) is 5.92 Å². The van der Waals surface area contributed by atoms with E-state index >= 15 is 0 Å². The van der Waals surface area contributed by atoms with Crippen LogP contribution < -0.4 is 10.9 Å². The summed E-state index contributed by atoms with van der Waals surface area (Å²) >= 11 is 0. The molecule has 1 heterocycles. The van der Waals surface area contributed by atoms with Gasteiger partial charge >= 0.3 is 0 Å². The Morgan fingerprint density at radius 1 is 1.35 bits per heavy atom. The average Bonchev–Trinajstić information content (AvgIpc) is 3.13. The minimum atomic E-state index is -0.0198. The van der Waals surface area contributed by atoms with Gasteiger partial charge in [0.15, 0.2) is 0 Å². The van der Waals surface area contributed by atoms with Crippen molar-refractivity contribution in [2.45, 2.75) is 25.8 Å². The first kappa shape index (κ1) is 10.4. The molecule has 1 unspecified atom stereocenters. The van der Waals surface area contributed by atoms with Gasteiger partial charge in [-0.05, 0) is 43.2 Å². The van der Waals surface area contributed by atoms with Crippen molar-refractivity contribution < 1.29 is 0 Å². The van der Waals surface area contributed by atoms with Gasteiger partial charge in [0, 0.05) is 11.4 Å². The molecule has 0 amide bonds. The van der Waals surface area contributed by atoms with Crippen molar-refractivity contribution in [3.63, 3.8) is 0 Å². The summed E-state index contributed by atoms with van der Waals surface area (Å²) in [7, 11) is 0. The van der Waals surface area contributed by atoms with Gasteiger partial charge in [-0.25, -0.2) is 0 Å². The fourth-order valence-electron chi connectivity index (χ4n) is 2.25. The molecule has 88 valence electrons. The third-order valence-electron chi connectivity index (χ3n) is 3.47. The van der Waals surface area contributed by atoms with E-state index in [-0.39, 0.29) is 5.56 Å². The fourth-order valence-corrected chi connectivity index (χ4v) is 2.25. The summed E-state index contributed by atoms with van der Waals surface area (Å²) in [5, 5.41) is 5.12. The van der Waals surface area contributed by atoms with Crippen LogP contribution in [0.25, 0.3) is 10.8 Å². The van der Waals surface area contributed by atoms with E-state index < -0.39 is 0 Å². The van der Waals surface area contributed by atoms with Crippen molar-refractivity contribution in [1.29, 1.82) is 0 Å². The number of fused-ring (bicyclic) bond motifs is 1. The minimum absolute atomic E-state index is 0.0198. The zero-order chi connectivity index (χ0) is 11.8. The van der Waals surface area contributed by atoms with E-state index in [1.165, 1.54) is 12.8 Å². The average molecular weight is 228 g/mol. The molecule has 3 heteroatoms. The molecule has 17 heavy (non-hydrogen) atoms. The summed E-state index contributed by atoms with van der Waals surface area (Å²) in [6, 6.07) is 10.1. The second-order valence-corrected chi connectivity index (χ2v) is 4.87. The highest BCUT2D eigenvalue weighted by molar-refractivity contribution is 5.83. The highest BCUT2D eigenvalue weighted by Gasteiger charge is 2.27. The van der Waals surface area contributed by atoms with Crippen LogP contribution in [0.2, 0.25) is 0 Å². The first-order valence-corrected chi connectivity index (χ1v) is 6.12. The minimum Gasteiger partial charge on any atom is -0.369 e. The summed E-state index contributed by atoms with van der Waals surface area (Å²) in [5.74, 6) is 1.60. The number of aromatic nitrogens is 1. The lowest BCUT2D eigenvalue weighted by Gasteiger charge is -2.14. The normalized spacial score (nSPS) is 17.0. The number of benzene rings is 1. The molecule has 1 saturated carbocycles. The Bertz CT molecular complexity index is 598. The predicted molar refractivity (Wildman–Crippen MR) is 70.4 cm³/mol. The maximum absolute atomic E-state index is 11.9. The molecular weight excluding hydrogens is 212 g/mol. The molecule has 1 fully saturated rings. The summed E-state index contributed by atoms with van der Waals surface area (Å²) < 4.78 is 0. The Kier molecular flexibility index (Phi) is 2.39. The second-order valence-electron chi connectivity index (χ2n) is 4.87. The van der Waals surface area contributed by atoms with Crippen LogP contribution in [0.3, 0.4) is 0 Å². The first-order valence-electron chi connectivity index (χ1n) is 6.12. The number of anilines is 1. The summed E-state index contributed by atoms with van der Waals surface area (Å²) in [6.45, 7) is 2.17. The number of hydrogen-bond donors (Lipinski definition) is 2. The summed E-state index contributed by atoms with van der Waals surface area (Å²) in [4.78, 5) is 14.8. The van der Waals surface area contributed by atoms with Crippen molar-refractivity contribution in [3.05, 3.63) is 40.7 Å². The summed E-state index contributed by atoms with van der Waals surface area (Å²) in [6.07, 6.45) is 2.60. The molecule has 1 aliphatic rings. The van der Waals surface area contributed by atoms with Crippen LogP contribution in [0, 0.1) is 5.92 Å². The van der Waals surface area contributed by atoms with Crippen LogP contribution in [-0.2, 0) is 0 Å². The van der Waals surface area contributed by atoms with Gasteiger partial charge in [0.1, 0.15) is 5.82 Å². The molecular formula is C14H16N2O. The number of pyridine rings is 1. The zero-order valence-electron chi connectivity index (χ0n) is 9.86. The Morgan fingerprint density at radius 3 is 2.88 bits per heavy atom. The molecule has 0 bridgehead atoms. The van der Waals surface area contributed by atoms with Gasteiger partial charge in [0.2, 0.25) is 0 Å². The maximum atomic E-state index is 11.9. The third-order valence-corrected chi connectivity index (χ3v) is 3.47. The van der Waals surface area contributed by atoms with E-state index in [1.807, 2.05) is 30.3 Å². The van der Waals surface area contributed by atoms with Gasteiger partial charge in [-0.1, -0.05) is 18.2 Å². The lowest BCUT2D eigenvalue weighted by molar-refractivity contribution is 0.690. The quantitative estimate of drug-likeness (QED) is 0.848. The van der Waals surface area contributed by atoms with Gasteiger partial charge in [0.05, 0.1) is 0 Å². The van der Waals surface area contributed by atoms with Crippen molar-refractivity contribution in [3.8, 4) is 0 Å². The van der Waals surface area contributed by atoms with E-state index in [1.54, 1.807) is 0 Å². The molecule has 3 rings (SSSR count). The van der Waals surface area contributed by atoms with Gasteiger partial charge < -0.3 is 10.3 Å². The van der Waals surface area contributed by atoms with E-state index in [9.17, 15) is 4.79 Å². The molecule has 1 aliphatic carbocycles. The highest BCUT2D eigenvalue weighted by Crippen LogP contribution is 2.33. The zero-order valence-corrected chi connectivity index (χ0v) is 9.86. The van der Waals surface area contributed by atoms with Crippen LogP contribution in [0.5, 0.6) is 0 Å². The van der Waals surface area contributed by atoms with Crippen molar-refractivity contribution in [1.82, 2.24) is 4.98 Å². The SMILES string of the molecule is CC(Nc1cc2ccccc2c(=O)[nH]1)C1CC1. The smallest absolute Gasteiger partial charge is 0.257 e. The molecule has 1 atom stereocenters. The van der Waals surface area contributed by atoms with E-state index in [0.29, 0.717) is 6.04 Å².